The third-order valence-electron chi connectivity index (χ3n) is 4.62. The van der Waals surface area contributed by atoms with Gasteiger partial charge in [0.05, 0.1) is 9.79 Å². The Morgan fingerprint density at radius 3 is 1.27 bits per heavy atom. The fourth-order valence-corrected chi connectivity index (χ4v) is 4.62. The molecule has 2 atom stereocenters. The molecule has 0 heterocycles. The van der Waals surface area contributed by atoms with Gasteiger partial charge >= 0.3 is 0 Å². The fourth-order valence-electron chi connectivity index (χ4n) is 3.06. The summed E-state index contributed by atoms with van der Waals surface area (Å²) in [5, 5.41) is 0. The summed E-state index contributed by atoms with van der Waals surface area (Å²) >= 11 is 0. The topological polar surface area (TPSA) is 109 Å². The van der Waals surface area contributed by atoms with Gasteiger partial charge in [-0.3, -0.25) is 9.11 Å². The van der Waals surface area contributed by atoms with E-state index < -0.39 is 32.1 Å². The van der Waals surface area contributed by atoms with Crippen LogP contribution in [0.5, 0.6) is 0 Å². The molecule has 26 heavy (non-hydrogen) atoms. The van der Waals surface area contributed by atoms with Crippen LogP contribution in [0, 0.1) is 13.8 Å². The van der Waals surface area contributed by atoms with Crippen LogP contribution >= 0.6 is 0 Å². The molecule has 0 aliphatic heterocycles. The molecule has 6 nitrogen and oxygen atoms in total. The number of hydrogen-bond donors (Lipinski definition) is 2. The average molecular weight is 399 g/mol. The van der Waals surface area contributed by atoms with Gasteiger partial charge in [-0.15, -0.1) is 0 Å². The summed E-state index contributed by atoms with van der Waals surface area (Å²) in [7, 11) is -8.85. The zero-order valence-corrected chi connectivity index (χ0v) is 16.6. The minimum absolute atomic E-state index is 0.205. The predicted molar refractivity (Wildman–Crippen MR) is 98.8 cm³/mol. The van der Waals surface area contributed by atoms with Crippen molar-refractivity contribution in [1.29, 1.82) is 0 Å². The lowest BCUT2D eigenvalue weighted by atomic mass is 9.83. The molecule has 8 heteroatoms. The van der Waals surface area contributed by atoms with Crippen LogP contribution < -0.4 is 0 Å². The van der Waals surface area contributed by atoms with Crippen LogP contribution in [0.25, 0.3) is 0 Å². The molecule has 2 aromatic rings. The summed E-state index contributed by atoms with van der Waals surface area (Å²) < 4.78 is 66.0. The first-order valence-electron chi connectivity index (χ1n) is 7.98. The average Bonchev–Trinajstić information content (AvgIpc) is 2.50. The number of aryl methyl sites for hydroxylation is 2. The van der Waals surface area contributed by atoms with Gasteiger partial charge < -0.3 is 0 Å². The van der Waals surface area contributed by atoms with Gasteiger partial charge in [-0.1, -0.05) is 49.2 Å². The first-order chi connectivity index (χ1) is 11.8. The van der Waals surface area contributed by atoms with E-state index in [1.54, 1.807) is 52.0 Å². The van der Waals surface area contributed by atoms with Crippen LogP contribution in [0.15, 0.2) is 46.2 Å². The molecule has 2 N–H and O–H groups in total. The largest absolute Gasteiger partial charge is 0.294 e. The quantitative estimate of drug-likeness (QED) is 0.743. The molecule has 0 fully saturated rings. The first-order valence-corrected chi connectivity index (χ1v) is 10.9. The monoisotopic (exact) mass is 398 g/mol. The Morgan fingerprint density at radius 1 is 0.692 bits per heavy atom. The summed E-state index contributed by atoms with van der Waals surface area (Å²) in [5.74, 6) is -0.872. The highest BCUT2D eigenvalue weighted by Gasteiger charge is 2.28. The Labute approximate surface area is 154 Å². The molecule has 0 saturated carbocycles. The smallest absolute Gasteiger partial charge is 0.282 e. The molecule has 0 radical (unpaired) electrons. The third kappa shape index (κ3) is 4.32. The van der Waals surface area contributed by atoms with Crippen molar-refractivity contribution in [3.8, 4) is 0 Å². The number of rotatable bonds is 5. The highest BCUT2D eigenvalue weighted by atomic mass is 32.2. The third-order valence-corrected chi connectivity index (χ3v) is 6.47. The van der Waals surface area contributed by atoms with Gasteiger partial charge in [0.15, 0.2) is 0 Å². The van der Waals surface area contributed by atoms with E-state index in [4.69, 9.17) is 0 Å². The van der Waals surface area contributed by atoms with E-state index in [0.29, 0.717) is 11.1 Å². The molecule has 2 rings (SSSR count). The Bertz CT molecular complexity index is 954. The molecule has 0 spiro atoms. The SMILES string of the molecule is Cc1ccc(S(=O)(=O)O)c([C@H](C)[C@@H](C)c2cc(C)ccc2S(=O)(=O)O)c1. The van der Waals surface area contributed by atoms with Crippen molar-refractivity contribution in [3.63, 3.8) is 0 Å². The molecule has 0 amide bonds. The summed E-state index contributed by atoms with van der Waals surface area (Å²) in [6, 6.07) is 9.16. The van der Waals surface area contributed by atoms with Gasteiger partial charge in [0, 0.05) is 0 Å². The van der Waals surface area contributed by atoms with Crippen molar-refractivity contribution >= 4 is 20.2 Å². The van der Waals surface area contributed by atoms with Crippen LogP contribution in [0.3, 0.4) is 0 Å². The summed E-state index contributed by atoms with van der Waals surface area (Å²) in [4.78, 5) is -0.410. The van der Waals surface area contributed by atoms with Gasteiger partial charge in [0.1, 0.15) is 0 Å². The van der Waals surface area contributed by atoms with Gasteiger partial charge in [-0.2, -0.15) is 16.8 Å². The molecule has 0 aliphatic rings. The standard InChI is InChI=1S/C18H22O6S2/c1-11-5-7-17(25(19,20)21)15(9-11)13(3)14(4)16-10-12(2)6-8-18(16)26(22,23)24/h5-10,13-14H,1-4H3,(H,19,20,21)(H,22,23,24)/t13-,14-/m1/s1. The lowest BCUT2D eigenvalue weighted by molar-refractivity contribution is 0.474. The second-order valence-corrected chi connectivity index (χ2v) is 9.39. The maximum atomic E-state index is 11.7. The second kappa shape index (κ2) is 7.11. The van der Waals surface area contributed by atoms with Crippen LogP contribution in [0.4, 0.5) is 0 Å². The summed E-state index contributed by atoms with van der Waals surface area (Å²) in [6.45, 7) is 7.10. The fraction of sp³-hybridized carbons (Fsp3) is 0.333. The molecule has 2 aromatic carbocycles. The van der Waals surface area contributed by atoms with E-state index in [9.17, 15) is 25.9 Å². The minimum atomic E-state index is -4.43. The van der Waals surface area contributed by atoms with Crippen molar-refractivity contribution in [1.82, 2.24) is 0 Å². The first kappa shape index (κ1) is 20.6. The molecule has 0 aliphatic carbocycles. The Balaban J connectivity index is 2.65. The molecular weight excluding hydrogens is 376 g/mol. The van der Waals surface area contributed by atoms with E-state index >= 15 is 0 Å². The molecule has 0 aromatic heterocycles. The van der Waals surface area contributed by atoms with Gasteiger partial charge in [-0.05, 0) is 48.9 Å². The van der Waals surface area contributed by atoms with Crippen LogP contribution in [-0.2, 0) is 20.2 Å². The van der Waals surface area contributed by atoms with Crippen molar-refractivity contribution in [2.45, 2.75) is 49.3 Å². The van der Waals surface area contributed by atoms with Gasteiger partial charge in [-0.25, -0.2) is 0 Å². The van der Waals surface area contributed by atoms with E-state index in [0.717, 1.165) is 11.1 Å². The lowest BCUT2D eigenvalue weighted by Gasteiger charge is -2.24. The number of benzene rings is 2. The van der Waals surface area contributed by atoms with Crippen molar-refractivity contribution in [3.05, 3.63) is 58.7 Å². The van der Waals surface area contributed by atoms with E-state index in [-0.39, 0.29) is 9.79 Å². The molecule has 0 saturated heterocycles. The van der Waals surface area contributed by atoms with E-state index in [1.165, 1.54) is 12.1 Å². The molecular formula is C18H22O6S2. The van der Waals surface area contributed by atoms with Crippen molar-refractivity contribution in [2.75, 3.05) is 0 Å². The van der Waals surface area contributed by atoms with Gasteiger partial charge in [0.2, 0.25) is 0 Å². The summed E-state index contributed by atoms with van der Waals surface area (Å²) in [5.41, 5.74) is 2.40. The van der Waals surface area contributed by atoms with Crippen molar-refractivity contribution < 1.29 is 25.9 Å². The Hall–Kier alpha value is -1.74. The molecule has 0 unspecified atom stereocenters. The van der Waals surface area contributed by atoms with E-state index in [2.05, 4.69) is 0 Å². The maximum Gasteiger partial charge on any atom is 0.294 e. The highest BCUT2D eigenvalue weighted by molar-refractivity contribution is 7.86. The maximum absolute atomic E-state index is 11.7. The highest BCUT2D eigenvalue weighted by Crippen LogP contribution is 2.38. The van der Waals surface area contributed by atoms with Crippen LogP contribution in [0.2, 0.25) is 0 Å². The normalized spacial score (nSPS) is 14.8. The zero-order valence-electron chi connectivity index (χ0n) is 15.0. The second-order valence-electron chi connectivity index (χ2n) is 6.61. The lowest BCUT2D eigenvalue weighted by Crippen LogP contribution is -2.14. The molecule has 0 bridgehead atoms. The van der Waals surface area contributed by atoms with Crippen molar-refractivity contribution in [2.24, 2.45) is 0 Å². The minimum Gasteiger partial charge on any atom is -0.282 e. The molecule has 142 valence electrons. The number of hydrogen-bond acceptors (Lipinski definition) is 4. The Morgan fingerprint density at radius 2 is 1.00 bits per heavy atom. The Kier molecular flexibility index (Phi) is 5.63. The van der Waals surface area contributed by atoms with Crippen LogP contribution in [0.1, 0.15) is 47.9 Å². The predicted octanol–water partition coefficient (Wildman–Crippen LogP) is 3.70. The van der Waals surface area contributed by atoms with E-state index in [1.807, 2.05) is 0 Å². The van der Waals surface area contributed by atoms with Crippen LogP contribution in [-0.4, -0.2) is 25.9 Å². The van der Waals surface area contributed by atoms with Gasteiger partial charge in [0.25, 0.3) is 20.2 Å². The summed E-state index contributed by atoms with van der Waals surface area (Å²) in [6.07, 6.45) is 0. The zero-order chi connectivity index (χ0) is 19.9.